The molecule has 1 unspecified atom stereocenters. The molecule has 0 spiro atoms. The van der Waals surface area contributed by atoms with E-state index in [0.717, 1.165) is 26.1 Å². The first kappa shape index (κ1) is 15.5. The van der Waals surface area contributed by atoms with Crippen molar-refractivity contribution < 1.29 is 4.74 Å². The van der Waals surface area contributed by atoms with Gasteiger partial charge in [-0.1, -0.05) is 31.2 Å². The van der Waals surface area contributed by atoms with Crippen LogP contribution < -0.4 is 5.73 Å². The minimum atomic E-state index is 0.0548. The predicted molar refractivity (Wildman–Crippen MR) is 83.5 cm³/mol. The van der Waals surface area contributed by atoms with Gasteiger partial charge >= 0.3 is 0 Å². The molecule has 0 saturated carbocycles. The highest BCUT2D eigenvalue weighted by atomic mass is 16.5. The molecular formula is C17H28N2O. The van der Waals surface area contributed by atoms with Gasteiger partial charge in [-0.25, -0.2) is 0 Å². The number of hydrogen-bond acceptors (Lipinski definition) is 3. The fourth-order valence-electron chi connectivity index (χ4n) is 2.95. The number of benzene rings is 1. The lowest BCUT2D eigenvalue weighted by molar-refractivity contribution is -0.0290. The van der Waals surface area contributed by atoms with Gasteiger partial charge in [0.2, 0.25) is 0 Å². The summed E-state index contributed by atoms with van der Waals surface area (Å²) in [5, 5.41) is 0. The minimum Gasteiger partial charge on any atom is -0.371 e. The summed E-state index contributed by atoms with van der Waals surface area (Å²) in [6, 6.07) is 8.46. The van der Waals surface area contributed by atoms with E-state index in [9.17, 15) is 0 Å². The average Bonchev–Trinajstić information content (AvgIpc) is 2.77. The van der Waals surface area contributed by atoms with Gasteiger partial charge in [-0.3, -0.25) is 4.90 Å². The zero-order valence-corrected chi connectivity index (χ0v) is 13.1. The second-order valence-electron chi connectivity index (χ2n) is 6.34. The predicted octanol–water partition coefficient (Wildman–Crippen LogP) is 2.92. The monoisotopic (exact) mass is 276 g/mol. The van der Waals surface area contributed by atoms with Crippen molar-refractivity contribution in [2.45, 2.75) is 58.4 Å². The number of hydrogen-bond donors (Lipinski definition) is 1. The summed E-state index contributed by atoms with van der Waals surface area (Å²) in [6.07, 6.45) is 2.70. The Hall–Kier alpha value is -0.900. The van der Waals surface area contributed by atoms with Gasteiger partial charge in [0.25, 0.3) is 0 Å². The van der Waals surface area contributed by atoms with E-state index in [1.807, 2.05) is 0 Å². The van der Waals surface area contributed by atoms with E-state index in [2.05, 4.69) is 49.9 Å². The molecule has 2 N–H and O–H groups in total. The molecule has 20 heavy (non-hydrogen) atoms. The number of rotatable bonds is 6. The van der Waals surface area contributed by atoms with Crippen molar-refractivity contribution in [1.82, 2.24) is 4.90 Å². The van der Waals surface area contributed by atoms with Crippen molar-refractivity contribution in [2.24, 2.45) is 5.73 Å². The van der Waals surface area contributed by atoms with Gasteiger partial charge in [-0.05, 0) is 44.4 Å². The maximum Gasteiger partial charge on any atom is 0.0710 e. The van der Waals surface area contributed by atoms with E-state index in [-0.39, 0.29) is 5.60 Å². The van der Waals surface area contributed by atoms with Crippen molar-refractivity contribution in [2.75, 3.05) is 13.1 Å². The lowest BCUT2D eigenvalue weighted by atomic mass is 10.0. The van der Waals surface area contributed by atoms with Gasteiger partial charge in [-0.2, -0.15) is 0 Å². The molecule has 1 aliphatic rings. The van der Waals surface area contributed by atoms with E-state index < -0.39 is 0 Å². The van der Waals surface area contributed by atoms with Crippen LogP contribution in [0.2, 0.25) is 0 Å². The second-order valence-corrected chi connectivity index (χ2v) is 6.34. The standard InChI is InChI=1S/C17H28N2O/c1-4-19(13-16-9-10-17(2,3)20-16)12-15-8-6-5-7-14(15)11-18/h5-8,16H,4,9-13,18H2,1-3H3. The molecule has 0 bridgehead atoms. The Labute approximate surface area is 123 Å². The zero-order valence-electron chi connectivity index (χ0n) is 13.1. The third-order valence-corrected chi connectivity index (χ3v) is 4.20. The average molecular weight is 276 g/mol. The largest absolute Gasteiger partial charge is 0.371 e. The maximum atomic E-state index is 6.11. The Balaban J connectivity index is 1.95. The van der Waals surface area contributed by atoms with Crippen LogP contribution in [0.5, 0.6) is 0 Å². The summed E-state index contributed by atoms with van der Waals surface area (Å²) in [5.74, 6) is 0. The molecule has 0 radical (unpaired) electrons. The molecule has 1 aliphatic heterocycles. The molecule has 3 nitrogen and oxygen atoms in total. The SMILES string of the molecule is CCN(Cc1ccccc1CN)CC1CCC(C)(C)O1. The lowest BCUT2D eigenvalue weighted by Gasteiger charge is -2.26. The van der Waals surface area contributed by atoms with E-state index in [0.29, 0.717) is 12.6 Å². The van der Waals surface area contributed by atoms with Crippen molar-refractivity contribution in [1.29, 1.82) is 0 Å². The molecule has 112 valence electrons. The van der Waals surface area contributed by atoms with Crippen molar-refractivity contribution >= 4 is 0 Å². The molecule has 0 amide bonds. The van der Waals surface area contributed by atoms with Crippen LogP contribution in [-0.2, 0) is 17.8 Å². The lowest BCUT2D eigenvalue weighted by Crippen LogP contribution is -2.33. The molecule has 1 fully saturated rings. The van der Waals surface area contributed by atoms with Crippen molar-refractivity contribution in [3.05, 3.63) is 35.4 Å². The van der Waals surface area contributed by atoms with Gasteiger partial charge in [0.05, 0.1) is 11.7 Å². The molecule has 1 aromatic rings. The summed E-state index contributed by atoms with van der Waals surface area (Å²) >= 11 is 0. The second kappa shape index (κ2) is 6.70. The Kier molecular flexibility index (Phi) is 5.19. The molecule has 1 saturated heterocycles. The Morgan fingerprint density at radius 1 is 1.30 bits per heavy atom. The van der Waals surface area contributed by atoms with Gasteiger partial charge in [0, 0.05) is 19.6 Å². The molecule has 1 heterocycles. The van der Waals surface area contributed by atoms with Gasteiger partial charge < -0.3 is 10.5 Å². The van der Waals surface area contributed by atoms with Gasteiger partial charge in [0.1, 0.15) is 0 Å². The first-order valence-electron chi connectivity index (χ1n) is 7.71. The highest BCUT2D eigenvalue weighted by molar-refractivity contribution is 5.26. The number of nitrogens with zero attached hydrogens (tertiary/aromatic N) is 1. The summed E-state index contributed by atoms with van der Waals surface area (Å²) in [5.41, 5.74) is 8.47. The minimum absolute atomic E-state index is 0.0548. The molecule has 2 rings (SSSR count). The smallest absolute Gasteiger partial charge is 0.0710 e. The summed E-state index contributed by atoms with van der Waals surface area (Å²) < 4.78 is 6.11. The fourth-order valence-corrected chi connectivity index (χ4v) is 2.95. The van der Waals surface area contributed by atoms with Crippen LogP contribution in [0.1, 0.15) is 44.7 Å². The number of ether oxygens (including phenoxy) is 1. The first-order chi connectivity index (χ1) is 9.54. The Bertz CT molecular complexity index is 431. The molecule has 0 aromatic heterocycles. The highest BCUT2D eigenvalue weighted by Crippen LogP contribution is 2.30. The van der Waals surface area contributed by atoms with E-state index in [1.165, 1.54) is 17.5 Å². The summed E-state index contributed by atoms with van der Waals surface area (Å²) in [7, 11) is 0. The normalized spacial score (nSPS) is 21.6. The van der Waals surface area contributed by atoms with Crippen LogP contribution in [0.3, 0.4) is 0 Å². The summed E-state index contributed by atoms with van der Waals surface area (Å²) in [4.78, 5) is 2.46. The van der Waals surface area contributed by atoms with E-state index in [4.69, 9.17) is 10.5 Å². The van der Waals surface area contributed by atoms with E-state index >= 15 is 0 Å². The third-order valence-electron chi connectivity index (χ3n) is 4.20. The molecule has 0 aliphatic carbocycles. The summed E-state index contributed by atoms with van der Waals surface area (Å²) in [6.45, 7) is 10.2. The maximum absolute atomic E-state index is 6.11. The van der Waals surface area contributed by atoms with Crippen LogP contribution in [-0.4, -0.2) is 29.7 Å². The first-order valence-corrected chi connectivity index (χ1v) is 7.71. The highest BCUT2D eigenvalue weighted by Gasteiger charge is 2.32. The quantitative estimate of drug-likeness (QED) is 0.868. The van der Waals surface area contributed by atoms with Gasteiger partial charge in [-0.15, -0.1) is 0 Å². The van der Waals surface area contributed by atoms with Crippen LogP contribution >= 0.6 is 0 Å². The number of nitrogens with two attached hydrogens (primary N) is 1. The van der Waals surface area contributed by atoms with Gasteiger partial charge in [0.15, 0.2) is 0 Å². The molecule has 3 heteroatoms. The Morgan fingerprint density at radius 2 is 2.00 bits per heavy atom. The van der Waals surface area contributed by atoms with Crippen LogP contribution in [0.15, 0.2) is 24.3 Å². The van der Waals surface area contributed by atoms with Crippen molar-refractivity contribution in [3.8, 4) is 0 Å². The fraction of sp³-hybridized carbons (Fsp3) is 0.647. The molecule has 1 aromatic carbocycles. The van der Waals surface area contributed by atoms with Crippen molar-refractivity contribution in [3.63, 3.8) is 0 Å². The number of likely N-dealkylation sites (N-methyl/N-ethyl adjacent to an activating group) is 1. The molecular weight excluding hydrogens is 248 g/mol. The zero-order chi connectivity index (χ0) is 14.6. The third kappa shape index (κ3) is 4.05. The van der Waals surface area contributed by atoms with Crippen LogP contribution in [0, 0.1) is 0 Å². The Morgan fingerprint density at radius 3 is 2.55 bits per heavy atom. The molecule has 1 atom stereocenters. The van der Waals surface area contributed by atoms with E-state index in [1.54, 1.807) is 0 Å². The topological polar surface area (TPSA) is 38.5 Å². The van der Waals surface area contributed by atoms with Crippen LogP contribution in [0.4, 0.5) is 0 Å². The van der Waals surface area contributed by atoms with Crippen LogP contribution in [0.25, 0.3) is 0 Å².